The molecule has 3 nitrogen and oxygen atoms in total. The van der Waals surface area contributed by atoms with Crippen LogP contribution in [0.4, 0.5) is 4.39 Å². The van der Waals surface area contributed by atoms with Crippen molar-refractivity contribution in [3.05, 3.63) is 35.1 Å². The normalized spacial score (nSPS) is 22.3. The molecular formula is C14H22FN3. The fourth-order valence-corrected chi connectivity index (χ4v) is 2.41. The number of piperazine rings is 1. The maximum absolute atomic E-state index is 13.4. The second-order valence-corrected chi connectivity index (χ2v) is 5.19. The summed E-state index contributed by atoms with van der Waals surface area (Å²) in [5, 5.41) is 0. The van der Waals surface area contributed by atoms with E-state index in [1.807, 2.05) is 12.1 Å². The van der Waals surface area contributed by atoms with Gasteiger partial charge in [0.25, 0.3) is 0 Å². The molecule has 0 aliphatic carbocycles. The SMILES string of the molecule is CC1CN(Cc2ccc(F)c(CN)c2)CCN1C. The molecule has 1 atom stereocenters. The lowest BCUT2D eigenvalue weighted by atomic mass is 10.1. The molecular weight excluding hydrogens is 229 g/mol. The Hall–Kier alpha value is -0.970. The Morgan fingerprint density at radius 2 is 2.17 bits per heavy atom. The first-order valence-electron chi connectivity index (χ1n) is 6.50. The molecule has 1 fully saturated rings. The summed E-state index contributed by atoms with van der Waals surface area (Å²) in [4.78, 5) is 4.78. The molecule has 0 aromatic heterocycles. The van der Waals surface area contributed by atoms with Gasteiger partial charge in [-0.1, -0.05) is 12.1 Å². The average Bonchev–Trinajstić information content (AvgIpc) is 2.36. The van der Waals surface area contributed by atoms with Crippen LogP contribution in [-0.4, -0.2) is 42.5 Å². The van der Waals surface area contributed by atoms with Crippen LogP contribution in [-0.2, 0) is 13.1 Å². The fourth-order valence-electron chi connectivity index (χ4n) is 2.41. The topological polar surface area (TPSA) is 32.5 Å². The summed E-state index contributed by atoms with van der Waals surface area (Å²) in [6.45, 7) is 6.60. The number of likely N-dealkylation sites (N-methyl/N-ethyl adjacent to an activating group) is 1. The molecule has 4 heteroatoms. The van der Waals surface area contributed by atoms with E-state index in [4.69, 9.17) is 5.73 Å². The number of nitrogens with zero attached hydrogens (tertiary/aromatic N) is 2. The second-order valence-electron chi connectivity index (χ2n) is 5.19. The van der Waals surface area contributed by atoms with E-state index in [1.165, 1.54) is 6.07 Å². The zero-order valence-corrected chi connectivity index (χ0v) is 11.2. The average molecular weight is 251 g/mol. The van der Waals surface area contributed by atoms with E-state index in [-0.39, 0.29) is 12.4 Å². The summed E-state index contributed by atoms with van der Waals surface area (Å²) in [7, 11) is 2.16. The number of hydrogen-bond acceptors (Lipinski definition) is 3. The van der Waals surface area contributed by atoms with Gasteiger partial charge in [0.15, 0.2) is 0 Å². The van der Waals surface area contributed by atoms with Gasteiger partial charge in [0.2, 0.25) is 0 Å². The van der Waals surface area contributed by atoms with Gasteiger partial charge in [-0.25, -0.2) is 4.39 Å². The molecule has 1 aliphatic rings. The number of nitrogens with two attached hydrogens (primary N) is 1. The summed E-state index contributed by atoms with van der Waals surface area (Å²) in [6.07, 6.45) is 0. The van der Waals surface area contributed by atoms with E-state index in [9.17, 15) is 4.39 Å². The van der Waals surface area contributed by atoms with Crippen LogP contribution in [0.25, 0.3) is 0 Å². The Labute approximate surface area is 108 Å². The number of hydrogen-bond donors (Lipinski definition) is 1. The molecule has 1 aliphatic heterocycles. The van der Waals surface area contributed by atoms with E-state index in [0.717, 1.165) is 31.7 Å². The molecule has 1 saturated heterocycles. The zero-order chi connectivity index (χ0) is 13.1. The molecule has 1 aromatic carbocycles. The highest BCUT2D eigenvalue weighted by molar-refractivity contribution is 5.25. The Kier molecular flexibility index (Phi) is 4.32. The van der Waals surface area contributed by atoms with Crippen molar-refractivity contribution < 1.29 is 4.39 Å². The van der Waals surface area contributed by atoms with Crippen LogP contribution in [0.2, 0.25) is 0 Å². The van der Waals surface area contributed by atoms with Crippen LogP contribution in [0.1, 0.15) is 18.1 Å². The first-order chi connectivity index (χ1) is 8.60. The van der Waals surface area contributed by atoms with Gasteiger partial charge in [0.05, 0.1) is 0 Å². The van der Waals surface area contributed by atoms with Gasteiger partial charge in [-0.3, -0.25) is 4.90 Å². The molecule has 18 heavy (non-hydrogen) atoms. The molecule has 0 radical (unpaired) electrons. The Morgan fingerprint density at radius 3 is 2.83 bits per heavy atom. The minimum Gasteiger partial charge on any atom is -0.326 e. The van der Waals surface area contributed by atoms with Crippen molar-refractivity contribution in [3.63, 3.8) is 0 Å². The Morgan fingerprint density at radius 1 is 1.39 bits per heavy atom. The fraction of sp³-hybridized carbons (Fsp3) is 0.571. The molecule has 0 amide bonds. The lowest BCUT2D eigenvalue weighted by Crippen LogP contribution is -2.49. The lowest BCUT2D eigenvalue weighted by Gasteiger charge is -2.37. The van der Waals surface area contributed by atoms with Crippen LogP contribution in [0.15, 0.2) is 18.2 Å². The Balaban J connectivity index is 2.01. The smallest absolute Gasteiger partial charge is 0.127 e. The highest BCUT2D eigenvalue weighted by Gasteiger charge is 2.20. The molecule has 2 N–H and O–H groups in total. The zero-order valence-electron chi connectivity index (χ0n) is 11.2. The van der Waals surface area contributed by atoms with Crippen molar-refractivity contribution in [2.45, 2.75) is 26.1 Å². The van der Waals surface area contributed by atoms with Crippen molar-refractivity contribution in [2.75, 3.05) is 26.7 Å². The largest absolute Gasteiger partial charge is 0.326 e. The Bertz CT molecular complexity index is 408. The van der Waals surface area contributed by atoms with Crippen molar-refractivity contribution in [1.82, 2.24) is 9.80 Å². The van der Waals surface area contributed by atoms with E-state index in [0.29, 0.717) is 11.6 Å². The molecule has 0 spiro atoms. The van der Waals surface area contributed by atoms with E-state index in [2.05, 4.69) is 23.8 Å². The van der Waals surface area contributed by atoms with Gasteiger partial charge in [-0.15, -0.1) is 0 Å². The van der Waals surface area contributed by atoms with Crippen LogP contribution in [0, 0.1) is 5.82 Å². The molecule has 0 saturated carbocycles. The third-order valence-corrected chi connectivity index (χ3v) is 3.78. The van der Waals surface area contributed by atoms with Crippen LogP contribution in [0.5, 0.6) is 0 Å². The third-order valence-electron chi connectivity index (χ3n) is 3.78. The molecule has 2 rings (SSSR count). The number of rotatable bonds is 3. The van der Waals surface area contributed by atoms with Crippen molar-refractivity contribution in [3.8, 4) is 0 Å². The quantitative estimate of drug-likeness (QED) is 0.882. The summed E-state index contributed by atoms with van der Waals surface area (Å²) >= 11 is 0. The van der Waals surface area contributed by atoms with Gasteiger partial charge in [0, 0.05) is 44.3 Å². The van der Waals surface area contributed by atoms with E-state index >= 15 is 0 Å². The second kappa shape index (κ2) is 5.78. The van der Waals surface area contributed by atoms with Crippen LogP contribution >= 0.6 is 0 Å². The van der Waals surface area contributed by atoms with Crippen molar-refractivity contribution in [1.29, 1.82) is 0 Å². The monoisotopic (exact) mass is 251 g/mol. The molecule has 100 valence electrons. The summed E-state index contributed by atoms with van der Waals surface area (Å²) in [5.41, 5.74) is 7.29. The maximum atomic E-state index is 13.4. The van der Waals surface area contributed by atoms with Gasteiger partial charge < -0.3 is 10.6 Å². The first-order valence-corrected chi connectivity index (χ1v) is 6.50. The third kappa shape index (κ3) is 3.07. The number of benzene rings is 1. The summed E-state index contributed by atoms with van der Waals surface area (Å²) < 4.78 is 13.4. The minimum absolute atomic E-state index is 0.201. The van der Waals surface area contributed by atoms with Crippen LogP contribution < -0.4 is 5.73 Å². The van der Waals surface area contributed by atoms with Gasteiger partial charge in [0.1, 0.15) is 5.82 Å². The predicted molar refractivity (Wildman–Crippen MR) is 71.7 cm³/mol. The van der Waals surface area contributed by atoms with E-state index < -0.39 is 0 Å². The summed E-state index contributed by atoms with van der Waals surface area (Å²) in [5.74, 6) is -0.201. The predicted octanol–water partition coefficient (Wildman–Crippen LogP) is 1.42. The molecule has 1 aromatic rings. The van der Waals surface area contributed by atoms with Crippen molar-refractivity contribution in [2.24, 2.45) is 5.73 Å². The highest BCUT2D eigenvalue weighted by Crippen LogP contribution is 2.14. The summed E-state index contributed by atoms with van der Waals surface area (Å²) in [6, 6.07) is 5.85. The molecule has 0 bridgehead atoms. The number of halogens is 1. The highest BCUT2D eigenvalue weighted by atomic mass is 19.1. The van der Waals surface area contributed by atoms with E-state index in [1.54, 1.807) is 0 Å². The van der Waals surface area contributed by atoms with Gasteiger partial charge in [-0.05, 0) is 25.6 Å². The van der Waals surface area contributed by atoms with Crippen molar-refractivity contribution >= 4 is 0 Å². The first kappa shape index (κ1) is 13.5. The maximum Gasteiger partial charge on any atom is 0.127 e. The molecule has 1 heterocycles. The van der Waals surface area contributed by atoms with Gasteiger partial charge >= 0.3 is 0 Å². The molecule has 1 unspecified atom stereocenters. The minimum atomic E-state index is -0.201. The van der Waals surface area contributed by atoms with Crippen LogP contribution in [0.3, 0.4) is 0 Å². The lowest BCUT2D eigenvalue weighted by molar-refractivity contribution is 0.0999. The van der Waals surface area contributed by atoms with Gasteiger partial charge in [-0.2, -0.15) is 0 Å². The standard InChI is InChI=1S/C14H22FN3/c1-11-9-18(6-5-17(11)2)10-12-3-4-14(15)13(7-12)8-16/h3-4,7,11H,5-6,8-10,16H2,1-2H3.